The fourth-order valence-corrected chi connectivity index (χ4v) is 4.26. The van der Waals surface area contributed by atoms with E-state index in [1.54, 1.807) is 17.0 Å². The Morgan fingerprint density at radius 2 is 1.82 bits per heavy atom. The number of hydrogen-bond donors (Lipinski definition) is 1. The van der Waals surface area contributed by atoms with Crippen molar-refractivity contribution < 1.29 is 23.4 Å². The zero-order valence-electron chi connectivity index (χ0n) is 18.0. The molecule has 0 radical (unpaired) electrons. The van der Waals surface area contributed by atoms with Gasteiger partial charge in [-0.25, -0.2) is 4.39 Å². The van der Waals surface area contributed by atoms with Gasteiger partial charge in [-0.15, -0.1) is 0 Å². The monoisotopic (exact) mass is 445 g/mol. The maximum Gasteiger partial charge on any atom is 0.291 e. The minimum absolute atomic E-state index is 0.0643. The number of nitrogens with zero attached hydrogens (tertiary/aromatic N) is 1. The molecular weight excluding hydrogens is 425 g/mol. The van der Waals surface area contributed by atoms with Gasteiger partial charge in [0.2, 0.25) is 5.76 Å². The van der Waals surface area contributed by atoms with Gasteiger partial charge in [-0.05, 0) is 48.4 Å². The highest BCUT2D eigenvalue weighted by atomic mass is 19.1. The molecule has 0 aliphatic carbocycles. The third-order valence-corrected chi connectivity index (χ3v) is 5.92. The van der Waals surface area contributed by atoms with Gasteiger partial charge in [0.1, 0.15) is 11.4 Å². The summed E-state index contributed by atoms with van der Waals surface area (Å²) >= 11 is 0. The molecule has 5 rings (SSSR count). The SMILES string of the molecule is COc1cc(C2c3c(oc4ccc(F)cc4c3=O)C(=O)N2Cc2ccc(C)cc2)ccc1O. The van der Waals surface area contributed by atoms with Gasteiger partial charge < -0.3 is 19.2 Å². The number of carbonyl (C=O) groups excluding carboxylic acids is 1. The number of amides is 1. The predicted molar refractivity (Wildman–Crippen MR) is 120 cm³/mol. The number of benzene rings is 3. The molecule has 6 nitrogen and oxygen atoms in total. The smallest absolute Gasteiger partial charge is 0.291 e. The fourth-order valence-electron chi connectivity index (χ4n) is 4.26. The molecule has 1 amide bonds. The van der Waals surface area contributed by atoms with E-state index in [9.17, 15) is 19.1 Å². The lowest BCUT2D eigenvalue weighted by Gasteiger charge is -2.25. The molecule has 166 valence electrons. The molecule has 1 N–H and O–H groups in total. The molecule has 33 heavy (non-hydrogen) atoms. The molecule has 1 atom stereocenters. The number of aryl methyl sites for hydroxylation is 1. The number of phenols is 1. The summed E-state index contributed by atoms with van der Waals surface area (Å²) < 4.78 is 25.0. The molecular formula is C26H20FNO5. The largest absolute Gasteiger partial charge is 0.504 e. The average Bonchev–Trinajstić information content (AvgIpc) is 3.08. The number of aromatic hydroxyl groups is 1. The predicted octanol–water partition coefficient (Wildman–Crippen LogP) is 4.70. The third-order valence-electron chi connectivity index (χ3n) is 5.92. The lowest BCUT2D eigenvalue weighted by Crippen LogP contribution is -2.29. The number of fused-ring (bicyclic) bond motifs is 2. The second-order valence-corrected chi connectivity index (χ2v) is 8.07. The molecule has 2 heterocycles. The first-order valence-corrected chi connectivity index (χ1v) is 10.4. The lowest BCUT2D eigenvalue weighted by atomic mass is 9.97. The molecule has 4 aromatic rings. The van der Waals surface area contributed by atoms with Crippen LogP contribution in [0.1, 0.15) is 38.9 Å². The third kappa shape index (κ3) is 3.42. The molecule has 0 fully saturated rings. The first-order valence-electron chi connectivity index (χ1n) is 10.4. The van der Waals surface area contributed by atoms with Gasteiger partial charge >= 0.3 is 0 Å². The fraction of sp³-hybridized carbons (Fsp3) is 0.154. The molecule has 0 saturated heterocycles. The van der Waals surface area contributed by atoms with Crippen LogP contribution in [0.5, 0.6) is 11.5 Å². The molecule has 1 aliphatic heterocycles. The molecule has 1 unspecified atom stereocenters. The van der Waals surface area contributed by atoms with Crippen molar-refractivity contribution in [1.29, 1.82) is 0 Å². The Hall–Kier alpha value is -4.13. The van der Waals surface area contributed by atoms with Crippen LogP contribution in [0.15, 0.2) is 69.9 Å². The minimum atomic E-state index is -0.799. The Kier molecular flexibility index (Phi) is 4.89. The maximum atomic E-state index is 13.9. The van der Waals surface area contributed by atoms with Gasteiger partial charge in [0.25, 0.3) is 5.91 Å². The zero-order valence-corrected chi connectivity index (χ0v) is 18.0. The molecule has 0 bridgehead atoms. The van der Waals surface area contributed by atoms with Crippen LogP contribution in [0.3, 0.4) is 0 Å². The van der Waals surface area contributed by atoms with Crippen molar-refractivity contribution in [2.24, 2.45) is 0 Å². The van der Waals surface area contributed by atoms with Crippen molar-refractivity contribution in [2.75, 3.05) is 7.11 Å². The van der Waals surface area contributed by atoms with Crippen molar-refractivity contribution in [2.45, 2.75) is 19.5 Å². The number of phenolic OH excluding ortho intramolecular Hbond substituents is 1. The van der Waals surface area contributed by atoms with E-state index < -0.39 is 23.2 Å². The summed E-state index contributed by atoms with van der Waals surface area (Å²) in [5, 5.41) is 10.1. The number of rotatable bonds is 4. The first-order chi connectivity index (χ1) is 15.9. The molecule has 7 heteroatoms. The van der Waals surface area contributed by atoms with Crippen molar-refractivity contribution in [3.63, 3.8) is 0 Å². The van der Waals surface area contributed by atoms with Crippen molar-refractivity contribution in [3.8, 4) is 11.5 Å². The lowest BCUT2D eigenvalue weighted by molar-refractivity contribution is 0.0714. The summed E-state index contributed by atoms with van der Waals surface area (Å²) in [6.45, 7) is 2.20. The van der Waals surface area contributed by atoms with Gasteiger partial charge in [0.15, 0.2) is 16.9 Å². The highest BCUT2D eigenvalue weighted by Gasteiger charge is 2.43. The number of hydrogen-bond acceptors (Lipinski definition) is 5. The standard InChI is InChI=1S/C26H20FNO5/c1-14-3-5-15(6-4-14)13-28-23(16-7-9-19(29)21(11-16)32-2)22-24(30)18-12-17(27)8-10-20(18)33-25(22)26(28)31/h3-12,23,29H,13H2,1-2H3. The number of methoxy groups -OCH3 is 1. The number of halogens is 1. The zero-order chi connectivity index (χ0) is 23.3. The first kappa shape index (κ1) is 20.8. The Morgan fingerprint density at radius 1 is 1.06 bits per heavy atom. The van der Waals surface area contributed by atoms with E-state index in [1.165, 1.54) is 25.3 Å². The van der Waals surface area contributed by atoms with E-state index in [0.717, 1.165) is 17.2 Å². The second kappa shape index (κ2) is 7.78. The van der Waals surface area contributed by atoms with Crippen LogP contribution < -0.4 is 10.2 Å². The summed E-state index contributed by atoms with van der Waals surface area (Å²) in [7, 11) is 1.42. The summed E-state index contributed by atoms with van der Waals surface area (Å²) in [5.74, 6) is -0.934. The highest BCUT2D eigenvalue weighted by molar-refractivity contribution is 5.99. The molecule has 0 saturated carbocycles. The Labute approximate surface area is 188 Å². The maximum absolute atomic E-state index is 13.9. The van der Waals surface area contributed by atoms with Crippen molar-refractivity contribution in [1.82, 2.24) is 4.90 Å². The number of ether oxygens (including phenoxy) is 1. The van der Waals surface area contributed by atoms with Crippen LogP contribution in [-0.4, -0.2) is 23.0 Å². The van der Waals surface area contributed by atoms with Crippen LogP contribution in [0.2, 0.25) is 0 Å². The van der Waals surface area contributed by atoms with Gasteiger partial charge in [0, 0.05) is 6.54 Å². The average molecular weight is 445 g/mol. The van der Waals surface area contributed by atoms with E-state index >= 15 is 0 Å². The highest BCUT2D eigenvalue weighted by Crippen LogP contribution is 2.41. The van der Waals surface area contributed by atoms with Crippen molar-refractivity contribution >= 4 is 16.9 Å². The van der Waals surface area contributed by atoms with Gasteiger partial charge in [-0.1, -0.05) is 35.9 Å². The van der Waals surface area contributed by atoms with Crippen LogP contribution in [0, 0.1) is 12.7 Å². The van der Waals surface area contributed by atoms with Gasteiger partial charge in [-0.3, -0.25) is 9.59 Å². The van der Waals surface area contributed by atoms with E-state index in [2.05, 4.69) is 0 Å². The minimum Gasteiger partial charge on any atom is -0.504 e. The van der Waals surface area contributed by atoms with E-state index in [1.807, 2.05) is 31.2 Å². The summed E-state index contributed by atoms with van der Waals surface area (Å²) in [6.07, 6.45) is 0. The normalized spacial score (nSPS) is 15.2. The Bertz CT molecular complexity index is 1460. The molecule has 1 aliphatic rings. The second-order valence-electron chi connectivity index (χ2n) is 8.07. The van der Waals surface area contributed by atoms with E-state index in [0.29, 0.717) is 5.56 Å². The molecule has 1 aromatic heterocycles. The topological polar surface area (TPSA) is 80.0 Å². The number of carbonyl (C=O) groups is 1. The van der Waals surface area contributed by atoms with Gasteiger partial charge in [0.05, 0.1) is 24.1 Å². The van der Waals surface area contributed by atoms with Crippen LogP contribution in [0.25, 0.3) is 11.0 Å². The summed E-state index contributed by atoms with van der Waals surface area (Å²) in [4.78, 5) is 28.5. The van der Waals surface area contributed by atoms with Gasteiger partial charge in [-0.2, -0.15) is 0 Å². The van der Waals surface area contributed by atoms with Crippen LogP contribution >= 0.6 is 0 Å². The summed E-state index contributed by atoms with van der Waals surface area (Å²) in [6, 6.07) is 15.2. The quantitative estimate of drug-likeness (QED) is 0.493. The van der Waals surface area contributed by atoms with Crippen molar-refractivity contribution in [3.05, 3.63) is 105 Å². The van der Waals surface area contributed by atoms with E-state index in [-0.39, 0.29) is 40.3 Å². The van der Waals surface area contributed by atoms with E-state index in [4.69, 9.17) is 9.15 Å². The summed E-state index contributed by atoms with van der Waals surface area (Å²) in [5.41, 5.74) is 2.33. The molecule has 0 spiro atoms. The van der Waals surface area contributed by atoms with Crippen LogP contribution in [-0.2, 0) is 6.54 Å². The Morgan fingerprint density at radius 3 is 2.55 bits per heavy atom. The van der Waals surface area contributed by atoms with Crippen LogP contribution in [0.4, 0.5) is 4.39 Å². The Balaban J connectivity index is 1.73. The molecule has 3 aromatic carbocycles.